The van der Waals surface area contributed by atoms with Gasteiger partial charge in [-0.25, -0.2) is 8.42 Å². The zero-order chi connectivity index (χ0) is 12.5. The Balaban J connectivity index is 2.40. The summed E-state index contributed by atoms with van der Waals surface area (Å²) in [4.78, 5) is 10.8. The number of hydrogen-bond acceptors (Lipinski definition) is 3. The number of carbonyl (C=O) groups is 1. The molecule has 17 heavy (non-hydrogen) atoms. The first-order chi connectivity index (χ1) is 8.01. The molecule has 0 radical (unpaired) electrons. The Hall–Kier alpha value is -1.62. The summed E-state index contributed by atoms with van der Waals surface area (Å²) >= 11 is 0. The molecule has 5 heteroatoms. The topological polar surface area (TPSA) is 56.1 Å². The standard InChI is InChI=1S/C12H13NO3S/c1-17(15,16)8-7-13-6-5-11-10(9-14)3-2-4-12(11)13/h2-6,9H,7-8H2,1H3. The number of aldehydes is 1. The van der Waals surface area contributed by atoms with Crippen molar-refractivity contribution in [3.05, 3.63) is 36.0 Å². The molecule has 0 aliphatic carbocycles. The molecule has 0 aliphatic rings. The van der Waals surface area contributed by atoms with E-state index < -0.39 is 9.84 Å². The number of rotatable bonds is 4. The highest BCUT2D eigenvalue weighted by Crippen LogP contribution is 2.19. The highest BCUT2D eigenvalue weighted by molar-refractivity contribution is 7.90. The van der Waals surface area contributed by atoms with Crippen molar-refractivity contribution in [1.29, 1.82) is 0 Å². The first-order valence-electron chi connectivity index (χ1n) is 5.22. The molecule has 0 bridgehead atoms. The van der Waals surface area contributed by atoms with Crippen LogP contribution in [0, 0.1) is 0 Å². The van der Waals surface area contributed by atoms with E-state index in [9.17, 15) is 13.2 Å². The fourth-order valence-corrected chi connectivity index (χ4v) is 2.34. The van der Waals surface area contributed by atoms with Gasteiger partial charge in [0, 0.05) is 35.5 Å². The normalized spacial score (nSPS) is 11.8. The van der Waals surface area contributed by atoms with E-state index in [2.05, 4.69) is 0 Å². The average molecular weight is 251 g/mol. The van der Waals surface area contributed by atoms with Gasteiger partial charge in [0.2, 0.25) is 0 Å². The van der Waals surface area contributed by atoms with Gasteiger partial charge in [-0.2, -0.15) is 0 Å². The van der Waals surface area contributed by atoms with Crippen molar-refractivity contribution in [2.75, 3.05) is 12.0 Å². The van der Waals surface area contributed by atoms with Gasteiger partial charge in [-0.1, -0.05) is 12.1 Å². The quantitative estimate of drug-likeness (QED) is 0.774. The second kappa shape index (κ2) is 4.33. The number of aryl methyl sites for hydroxylation is 1. The number of sulfone groups is 1. The highest BCUT2D eigenvalue weighted by atomic mass is 32.2. The summed E-state index contributed by atoms with van der Waals surface area (Å²) in [5.41, 5.74) is 1.51. The Kier molecular flexibility index (Phi) is 3.02. The summed E-state index contributed by atoms with van der Waals surface area (Å²) in [5.74, 6) is 0.0993. The Bertz CT molecular complexity index is 655. The minimum atomic E-state index is -2.97. The first-order valence-corrected chi connectivity index (χ1v) is 7.28. The van der Waals surface area contributed by atoms with Crippen LogP contribution in [0.1, 0.15) is 10.4 Å². The molecule has 90 valence electrons. The van der Waals surface area contributed by atoms with Crippen molar-refractivity contribution in [3.63, 3.8) is 0 Å². The molecule has 1 aromatic carbocycles. The van der Waals surface area contributed by atoms with E-state index in [1.807, 2.05) is 22.9 Å². The third kappa shape index (κ3) is 2.55. The molecule has 0 saturated carbocycles. The fraction of sp³-hybridized carbons (Fsp3) is 0.250. The Morgan fingerprint density at radius 3 is 2.71 bits per heavy atom. The average Bonchev–Trinajstić information content (AvgIpc) is 2.68. The van der Waals surface area contributed by atoms with Gasteiger partial charge in [0.1, 0.15) is 9.84 Å². The van der Waals surface area contributed by atoms with Gasteiger partial charge < -0.3 is 4.57 Å². The van der Waals surface area contributed by atoms with Gasteiger partial charge in [-0.15, -0.1) is 0 Å². The Morgan fingerprint density at radius 1 is 1.29 bits per heavy atom. The summed E-state index contributed by atoms with van der Waals surface area (Å²) in [7, 11) is -2.97. The molecular weight excluding hydrogens is 238 g/mol. The molecule has 0 atom stereocenters. The van der Waals surface area contributed by atoms with E-state index in [4.69, 9.17) is 0 Å². The van der Waals surface area contributed by atoms with Crippen LogP contribution in [-0.2, 0) is 16.4 Å². The maximum Gasteiger partial charge on any atom is 0.150 e. The van der Waals surface area contributed by atoms with Crippen LogP contribution in [0.4, 0.5) is 0 Å². The number of nitrogens with zero attached hydrogens (tertiary/aromatic N) is 1. The lowest BCUT2D eigenvalue weighted by Gasteiger charge is -2.04. The van der Waals surface area contributed by atoms with Crippen LogP contribution < -0.4 is 0 Å². The second-order valence-electron chi connectivity index (χ2n) is 4.04. The molecule has 4 nitrogen and oxygen atoms in total. The van der Waals surface area contributed by atoms with Gasteiger partial charge >= 0.3 is 0 Å². The van der Waals surface area contributed by atoms with Gasteiger partial charge in [-0.05, 0) is 12.1 Å². The predicted molar refractivity (Wildman–Crippen MR) is 67.0 cm³/mol. The van der Waals surface area contributed by atoms with Crippen LogP contribution >= 0.6 is 0 Å². The Labute approximate surface area is 99.8 Å². The monoisotopic (exact) mass is 251 g/mol. The molecule has 0 saturated heterocycles. The maximum atomic E-state index is 11.1. The van der Waals surface area contributed by atoms with Crippen LogP contribution in [0.2, 0.25) is 0 Å². The third-order valence-electron chi connectivity index (χ3n) is 2.68. The van der Waals surface area contributed by atoms with E-state index >= 15 is 0 Å². The predicted octanol–water partition coefficient (Wildman–Crippen LogP) is 1.50. The SMILES string of the molecule is CS(=O)(=O)CCn1ccc2c(C=O)cccc21. The van der Waals surface area contributed by atoms with Crippen LogP contribution in [0.15, 0.2) is 30.5 Å². The lowest BCUT2D eigenvalue weighted by molar-refractivity contribution is 0.112. The fourth-order valence-electron chi connectivity index (χ4n) is 1.81. The van der Waals surface area contributed by atoms with Crippen LogP contribution in [0.3, 0.4) is 0 Å². The second-order valence-corrected chi connectivity index (χ2v) is 6.30. The molecule has 2 rings (SSSR count). The van der Waals surface area contributed by atoms with Crippen LogP contribution in [0.25, 0.3) is 10.9 Å². The van der Waals surface area contributed by atoms with Crippen molar-refractivity contribution in [1.82, 2.24) is 4.57 Å². The Morgan fingerprint density at radius 2 is 2.06 bits per heavy atom. The molecule has 0 fully saturated rings. The van der Waals surface area contributed by atoms with Crippen molar-refractivity contribution >= 4 is 27.0 Å². The zero-order valence-corrected chi connectivity index (χ0v) is 10.3. The minimum absolute atomic E-state index is 0.0993. The smallest absolute Gasteiger partial charge is 0.150 e. The summed E-state index contributed by atoms with van der Waals surface area (Å²) < 4.78 is 24.1. The van der Waals surface area contributed by atoms with E-state index in [0.717, 1.165) is 17.2 Å². The molecule has 2 aromatic rings. The van der Waals surface area contributed by atoms with E-state index in [1.165, 1.54) is 6.26 Å². The summed E-state index contributed by atoms with van der Waals surface area (Å²) in [6.07, 6.45) is 3.83. The zero-order valence-electron chi connectivity index (χ0n) is 9.46. The number of benzene rings is 1. The molecule has 1 aromatic heterocycles. The highest BCUT2D eigenvalue weighted by Gasteiger charge is 2.07. The van der Waals surface area contributed by atoms with E-state index in [-0.39, 0.29) is 5.75 Å². The number of fused-ring (bicyclic) bond motifs is 1. The third-order valence-corrected chi connectivity index (χ3v) is 3.60. The van der Waals surface area contributed by atoms with Gasteiger partial charge in [0.05, 0.1) is 5.75 Å². The largest absolute Gasteiger partial charge is 0.346 e. The van der Waals surface area contributed by atoms with Crippen molar-refractivity contribution in [2.45, 2.75) is 6.54 Å². The lowest BCUT2D eigenvalue weighted by atomic mass is 10.1. The number of carbonyl (C=O) groups excluding carboxylic acids is 1. The minimum Gasteiger partial charge on any atom is -0.346 e. The van der Waals surface area contributed by atoms with Crippen molar-refractivity contribution in [2.24, 2.45) is 0 Å². The molecule has 0 amide bonds. The molecule has 0 unspecified atom stereocenters. The number of hydrogen-bond donors (Lipinski definition) is 0. The molecule has 0 N–H and O–H groups in total. The van der Waals surface area contributed by atoms with Gasteiger partial charge in [0.15, 0.2) is 6.29 Å². The van der Waals surface area contributed by atoms with Gasteiger partial charge in [0.25, 0.3) is 0 Å². The van der Waals surface area contributed by atoms with Crippen molar-refractivity contribution in [3.8, 4) is 0 Å². The van der Waals surface area contributed by atoms with E-state index in [0.29, 0.717) is 12.1 Å². The molecular formula is C12H13NO3S. The summed E-state index contributed by atoms with van der Waals surface area (Å²) in [5, 5.41) is 0.857. The lowest BCUT2D eigenvalue weighted by Crippen LogP contribution is -2.10. The van der Waals surface area contributed by atoms with Crippen LogP contribution in [0.5, 0.6) is 0 Å². The molecule has 1 heterocycles. The van der Waals surface area contributed by atoms with Gasteiger partial charge in [-0.3, -0.25) is 4.79 Å². The first kappa shape index (κ1) is 11.9. The molecule has 0 spiro atoms. The van der Waals surface area contributed by atoms with Crippen LogP contribution in [-0.4, -0.2) is 31.3 Å². The summed E-state index contributed by atoms with van der Waals surface area (Å²) in [6.45, 7) is 0.407. The maximum absolute atomic E-state index is 11.1. The van der Waals surface area contributed by atoms with Crippen molar-refractivity contribution < 1.29 is 13.2 Å². The molecule has 0 aliphatic heterocycles. The summed E-state index contributed by atoms with van der Waals surface area (Å²) in [6, 6.07) is 7.26. The van der Waals surface area contributed by atoms with E-state index in [1.54, 1.807) is 12.1 Å². The number of aromatic nitrogens is 1.